The van der Waals surface area contributed by atoms with Crippen molar-refractivity contribution in [3.63, 3.8) is 0 Å². The van der Waals surface area contributed by atoms with Crippen LogP contribution < -0.4 is 10.2 Å². The molecule has 2 aromatic heterocycles. The van der Waals surface area contributed by atoms with Gasteiger partial charge in [-0.2, -0.15) is 0 Å². The highest BCUT2D eigenvalue weighted by Crippen LogP contribution is 2.50. The number of nitrogens with one attached hydrogen (secondary N) is 1. The van der Waals surface area contributed by atoms with E-state index in [1.165, 1.54) is 0 Å². The summed E-state index contributed by atoms with van der Waals surface area (Å²) < 4.78 is 0. The molecule has 24 heavy (non-hydrogen) atoms. The predicted octanol–water partition coefficient (Wildman–Crippen LogP) is 2.84. The first-order valence-electron chi connectivity index (χ1n) is 8.14. The molecule has 1 saturated carbocycles. The van der Waals surface area contributed by atoms with Crippen molar-refractivity contribution < 1.29 is 9.90 Å². The SMILES string of the molecule is CN(C)c1cc(C(=O)N[C@H](c2cccs2)C2(CO)CCC2)ccn1. The zero-order valence-corrected chi connectivity index (χ0v) is 14.8. The van der Waals surface area contributed by atoms with E-state index in [4.69, 9.17) is 0 Å². The average Bonchev–Trinajstić information content (AvgIpc) is 3.07. The zero-order valence-electron chi connectivity index (χ0n) is 14.0. The molecule has 0 spiro atoms. The number of amides is 1. The fourth-order valence-electron chi connectivity index (χ4n) is 3.17. The van der Waals surface area contributed by atoms with Gasteiger partial charge in [-0.25, -0.2) is 4.98 Å². The highest BCUT2D eigenvalue weighted by molar-refractivity contribution is 7.10. The number of hydrogen-bond acceptors (Lipinski definition) is 5. The molecule has 128 valence electrons. The maximum atomic E-state index is 12.8. The highest BCUT2D eigenvalue weighted by Gasteiger charge is 2.45. The number of aromatic nitrogens is 1. The van der Waals surface area contributed by atoms with E-state index in [0.29, 0.717) is 5.56 Å². The predicted molar refractivity (Wildman–Crippen MR) is 96.5 cm³/mol. The van der Waals surface area contributed by atoms with Crippen LogP contribution in [0.25, 0.3) is 0 Å². The Labute approximate surface area is 146 Å². The van der Waals surface area contributed by atoms with Crippen molar-refractivity contribution in [1.82, 2.24) is 10.3 Å². The van der Waals surface area contributed by atoms with Gasteiger partial charge < -0.3 is 15.3 Å². The van der Waals surface area contributed by atoms with Crippen LogP contribution in [0.2, 0.25) is 0 Å². The van der Waals surface area contributed by atoms with E-state index >= 15 is 0 Å². The lowest BCUT2D eigenvalue weighted by molar-refractivity contribution is 0.00711. The van der Waals surface area contributed by atoms with Crippen molar-refractivity contribution in [2.24, 2.45) is 5.41 Å². The first-order valence-corrected chi connectivity index (χ1v) is 9.02. The number of aliphatic hydroxyl groups excluding tert-OH is 1. The van der Waals surface area contributed by atoms with Gasteiger partial charge in [0.1, 0.15) is 5.82 Å². The van der Waals surface area contributed by atoms with Gasteiger partial charge in [-0.15, -0.1) is 11.3 Å². The average molecular weight is 345 g/mol. The standard InChI is InChI=1S/C18H23N3O2S/c1-21(2)15-11-13(6-9-19-15)17(23)20-16(14-5-3-10-24-14)18(12-22)7-4-8-18/h3,5-6,9-11,16,22H,4,7-8,12H2,1-2H3,(H,20,23)/t16-/m1/s1. The molecule has 1 amide bonds. The number of aliphatic hydroxyl groups is 1. The molecular formula is C18H23N3O2S. The minimum Gasteiger partial charge on any atom is -0.396 e. The summed E-state index contributed by atoms with van der Waals surface area (Å²) in [5.41, 5.74) is 0.348. The molecule has 2 N–H and O–H groups in total. The lowest BCUT2D eigenvalue weighted by atomic mass is 9.64. The van der Waals surface area contributed by atoms with Crippen molar-refractivity contribution in [2.75, 3.05) is 25.6 Å². The second-order valence-electron chi connectivity index (χ2n) is 6.59. The summed E-state index contributed by atoms with van der Waals surface area (Å²) in [5, 5.41) is 15.1. The molecule has 0 bridgehead atoms. The molecule has 0 saturated heterocycles. The van der Waals surface area contributed by atoms with Crippen LogP contribution in [-0.4, -0.2) is 36.7 Å². The van der Waals surface area contributed by atoms with Crippen molar-refractivity contribution in [3.05, 3.63) is 46.3 Å². The van der Waals surface area contributed by atoms with E-state index in [2.05, 4.69) is 10.3 Å². The molecule has 0 aromatic carbocycles. The topological polar surface area (TPSA) is 65.5 Å². The molecule has 0 unspecified atom stereocenters. The molecule has 5 nitrogen and oxygen atoms in total. The molecule has 2 aromatic rings. The van der Waals surface area contributed by atoms with Gasteiger partial charge in [0.05, 0.1) is 12.6 Å². The third-order valence-electron chi connectivity index (χ3n) is 4.85. The molecule has 1 aliphatic rings. The monoisotopic (exact) mass is 345 g/mol. The second kappa shape index (κ2) is 6.91. The molecule has 0 radical (unpaired) electrons. The number of carbonyl (C=O) groups is 1. The van der Waals surface area contributed by atoms with Crippen LogP contribution >= 0.6 is 11.3 Å². The van der Waals surface area contributed by atoms with E-state index in [1.54, 1.807) is 29.7 Å². The van der Waals surface area contributed by atoms with Gasteiger partial charge in [0.25, 0.3) is 5.91 Å². The Balaban J connectivity index is 1.85. The van der Waals surface area contributed by atoms with Gasteiger partial charge in [-0.3, -0.25) is 4.79 Å². The van der Waals surface area contributed by atoms with Crippen LogP contribution in [0.3, 0.4) is 0 Å². The Bertz CT molecular complexity index is 691. The molecule has 1 fully saturated rings. The lowest BCUT2D eigenvalue weighted by Gasteiger charge is -2.46. The molecule has 0 aliphatic heterocycles. The minimum absolute atomic E-state index is 0.0924. The number of hydrogen-bond donors (Lipinski definition) is 2. The lowest BCUT2D eigenvalue weighted by Crippen LogP contribution is -2.47. The van der Waals surface area contributed by atoms with Gasteiger partial charge in [0.2, 0.25) is 0 Å². The van der Waals surface area contributed by atoms with Crippen molar-refractivity contribution in [1.29, 1.82) is 0 Å². The third kappa shape index (κ3) is 3.16. The molecular weight excluding hydrogens is 322 g/mol. The molecule has 1 atom stereocenters. The zero-order chi connectivity index (χ0) is 17.2. The Morgan fingerprint density at radius 3 is 2.79 bits per heavy atom. The summed E-state index contributed by atoms with van der Waals surface area (Å²) in [6.07, 6.45) is 4.62. The van der Waals surface area contributed by atoms with Crippen molar-refractivity contribution >= 4 is 23.1 Å². The van der Waals surface area contributed by atoms with Crippen LogP contribution in [0.5, 0.6) is 0 Å². The fourth-order valence-corrected chi connectivity index (χ4v) is 4.09. The summed E-state index contributed by atoms with van der Waals surface area (Å²) >= 11 is 1.62. The normalized spacial score (nSPS) is 17.0. The number of carbonyl (C=O) groups excluding carboxylic acids is 1. The number of anilines is 1. The highest BCUT2D eigenvalue weighted by atomic mass is 32.1. The summed E-state index contributed by atoms with van der Waals surface area (Å²) in [6.45, 7) is 0.0924. The van der Waals surface area contributed by atoms with E-state index in [9.17, 15) is 9.90 Å². The smallest absolute Gasteiger partial charge is 0.252 e. The van der Waals surface area contributed by atoms with Crippen LogP contribution in [0.4, 0.5) is 5.82 Å². The molecule has 1 aliphatic carbocycles. The minimum atomic E-state index is -0.238. The molecule has 3 rings (SSSR count). The largest absolute Gasteiger partial charge is 0.396 e. The Morgan fingerprint density at radius 1 is 1.46 bits per heavy atom. The van der Waals surface area contributed by atoms with Gasteiger partial charge in [0.15, 0.2) is 0 Å². The fraction of sp³-hybridized carbons (Fsp3) is 0.444. The van der Waals surface area contributed by atoms with Crippen LogP contribution in [0, 0.1) is 5.41 Å². The van der Waals surface area contributed by atoms with E-state index in [0.717, 1.165) is 30.0 Å². The molecule has 2 heterocycles. The number of thiophene rings is 1. The summed E-state index contributed by atoms with van der Waals surface area (Å²) in [6, 6.07) is 7.37. The first-order chi connectivity index (χ1) is 11.6. The van der Waals surface area contributed by atoms with Crippen LogP contribution in [0.15, 0.2) is 35.8 Å². The number of nitrogens with zero attached hydrogens (tertiary/aromatic N) is 2. The van der Waals surface area contributed by atoms with E-state index in [1.807, 2.05) is 36.5 Å². The quantitative estimate of drug-likeness (QED) is 0.845. The third-order valence-corrected chi connectivity index (χ3v) is 5.78. The summed E-state index contributed by atoms with van der Waals surface area (Å²) in [5.74, 6) is 0.620. The Hall–Kier alpha value is -1.92. The van der Waals surface area contributed by atoms with Gasteiger partial charge in [-0.1, -0.05) is 12.5 Å². The maximum Gasteiger partial charge on any atom is 0.252 e. The van der Waals surface area contributed by atoms with E-state index in [-0.39, 0.29) is 24.0 Å². The van der Waals surface area contributed by atoms with Crippen LogP contribution in [-0.2, 0) is 0 Å². The van der Waals surface area contributed by atoms with Crippen LogP contribution in [0.1, 0.15) is 40.5 Å². The Morgan fingerprint density at radius 2 is 2.25 bits per heavy atom. The summed E-state index contributed by atoms with van der Waals surface area (Å²) in [7, 11) is 3.79. The Kier molecular flexibility index (Phi) is 4.87. The summed E-state index contributed by atoms with van der Waals surface area (Å²) in [4.78, 5) is 20.0. The van der Waals surface area contributed by atoms with Crippen molar-refractivity contribution in [2.45, 2.75) is 25.3 Å². The van der Waals surface area contributed by atoms with Gasteiger partial charge in [-0.05, 0) is 36.4 Å². The first kappa shape index (κ1) is 16.9. The maximum absolute atomic E-state index is 12.8. The number of pyridine rings is 1. The molecule has 6 heteroatoms. The number of rotatable bonds is 6. The van der Waals surface area contributed by atoms with Crippen molar-refractivity contribution in [3.8, 4) is 0 Å². The second-order valence-corrected chi connectivity index (χ2v) is 7.57. The van der Waals surface area contributed by atoms with Gasteiger partial charge in [0, 0.05) is 36.1 Å². The van der Waals surface area contributed by atoms with E-state index < -0.39 is 0 Å². The van der Waals surface area contributed by atoms with Gasteiger partial charge >= 0.3 is 0 Å².